The molecule has 0 saturated carbocycles. The molecule has 198 valence electrons. The van der Waals surface area contributed by atoms with Crippen molar-refractivity contribution < 1.29 is 23.6 Å². The van der Waals surface area contributed by atoms with Crippen LogP contribution < -0.4 is 15.6 Å². The lowest BCUT2D eigenvalue weighted by Gasteiger charge is -2.13. The zero-order valence-corrected chi connectivity index (χ0v) is 21.4. The number of benzene rings is 1. The van der Waals surface area contributed by atoms with Crippen LogP contribution in [-0.4, -0.2) is 58.2 Å². The number of likely N-dealkylation sites (N-methyl/N-ethyl adjacent to an activating group) is 1. The number of halogens is 1. The largest absolute Gasteiger partial charge is 0.494 e. The molecule has 0 fully saturated rings. The van der Waals surface area contributed by atoms with Gasteiger partial charge in [-0.3, -0.25) is 14.4 Å². The third kappa shape index (κ3) is 6.02. The maximum Gasteiger partial charge on any atom is 0.270 e. The van der Waals surface area contributed by atoms with Crippen LogP contribution in [-0.2, 0) is 22.7 Å². The summed E-state index contributed by atoms with van der Waals surface area (Å²) in [6.07, 6.45) is 1.36. The number of carbonyl (C=O) groups is 2. The maximum absolute atomic E-state index is 13.6. The van der Waals surface area contributed by atoms with Crippen molar-refractivity contribution in [2.24, 2.45) is 5.16 Å². The minimum Gasteiger partial charge on any atom is -0.494 e. The molecule has 3 heterocycles. The van der Waals surface area contributed by atoms with Gasteiger partial charge in [-0.25, -0.2) is 14.4 Å². The summed E-state index contributed by atoms with van der Waals surface area (Å²) in [4.78, 5) is 52.8. The standard InChI is InChI=1S/C26H27FN6O5/c1-15-29-19(11-21(30-15)26(36)28-13-16-5-6-18(27)23(9-16)37-4)20-12-22(38-31-20)17-7-8-33(24(34)10-17)14-25(35)32(2)3/h5-11,22H,12-14H2,1-4H3,(H,28,36). The Balaban J connectivity index is 1.43. The molecule has 2 amide bonds. The van der Waals surface area contributed by atoms with E-state index in [2.05, 4.69) is 20.4 Å². The third-order valence-corrected chi connectivity index (χ3v) is 5.90. The Morgan fingerprint density at radius 3 is 2.71 bits per heavy atom. The lowest BCUT2D eigenvalue weighted by atomic mass is 10.0. The van der Waals surface area contributed by atoms with Crippen molar-refractivity contribution in [3.05, 3.63) is 87.1 Å². The topological polar surface area (TPSA) is 128 Å². The number of nitrogens with one attached hydrogen (secondary N) is 1. The summed E-state index contributed by atoms with van der Waals surface area (Å²) in [5.74, 6) is -0.663. The SMILES string of the molecule is COc1cc(CNC(=O)c2cc(C3=NOC(c4ccn(CC(=O)N(C)C)c(=O)c4)C3)nc(C)n2)ccc1F. The second-order valence-corrected chi connectivity index (χ2v) is 8.89. The number of rotatable bonds is 8. The fourth-order valence-corrected chi connectivity index (χ4v) is 3.77. The van der Waals surface area contributed by atoms with E-state index in [0.29, 0.717) is 34.8 Å². The van der Waals surface area contributed by atoms with Crippen LogP contribution in [0.2, 0.25) is 0 Å². The smallest absolute Gasteiger partial charge is 0.270 e. The molecule has 38 heavy (non-hydrogen) atoms. The van der Waals surface area contributed by atoms with Gasteiger partial charge in [0.25, 0.3) is 11.5 Å². The molecule has 4 rings (SSSR count). The lowest BCUT2D eigenvalue weighted by molar-refractivity contribution is -0.129. The van der Waals surface area contributed by atoms with Crippen molar-refractivity contribution in [2.75, 3.05) is 21.2 Å². The summed E-state index contributed by atoms with van der Waals surface area (Å²) < 4.78 is 19.9. The Morgan fingerprint density at radius 2 is 2.00 bits per heavy atom. The predicted octanol–water partition coefficient (Wildman–Crippen LogP) is 1.98. The molecule has 0 aliphatic carbocycles. The Morgan fingerprint density at radius 1 is 1.21 bits per heavy atom. The first-order valence-corrected chi connectivity index (χ1v) is 11.7. The number of ether oxygens (including phenoxy) is 1. The number of hydrogen-bond acceptors (Lipinski definition) is 8. The quantitative estimate of drug-likeness (QED) is 0.479. The van der Waals surface area contributed by atoms with Crippen molar-refractivity contribution in [3.8, 4) is 5.75 Å². The van der Waals surface area contributed by atoms with E-state index in [1.54, 1.807) is 39.3 Å². The highest BCUT2D eigenvalue weighted by Gasteiger charge is 2.26. The molecule has 1 aromatic carbocycles. The summed E-state index contributed by atoms with van der Waals surface area (Å²) in [6, 6.07) is 8.98. The highest BCUT2D eigenvalue weighted by Crippen LogP contribution is 2.28. The molecular formula is C26H27FN6O5. The van der Waals surface area contributed by atoms with Crippen LogP contribution in [0, 0.1) is 12.7 Å². The van der Waals surface area contributed by atoms with E-state index in [1.165, 1.54) is 40.8 Å². The highest BCUT2D eigenvalue weighted by molar-refractivity contribution is 6.02. The Bertz CT molecular complexity index is 1470. The molecule has 11 nitrogen and oxygen atoms in total. The van der Waals surface area contributed by atoms with Crippen LogP contribution in [0.15, 0.2) is 52.5 Å². The van der Waals surface area contributed by atoms with Gasteiger partial charge in [-0.05, 0) is 36.8 Å². The van der Waals surface area contributed by atoms with Gasteiger partial charge >= 0.3 is 0 Å². The number of aryl methyl sites for hydroxylation is 1. The summed E-state index contributed by atoms with van der Waals surface area (Å²) in [5, 5.41) is 6.88. The summed E-state index contributed by atoms with van der Waals surface area (Å²) in [7, 11) is 4.62. The molecule has 12 heteroatoms. The van der Waals surface area contributed by atoms with Crippen molar-refractivity contribution in [1.82, 2.24) is 24.8 Å². The monoisotopic (exact) mass is 522 g/mol. The van der Waals surface area contributed by atoms with Gasteiger partial charge in [0.1, 0.15) is 23.8 Å². The van der Waals surface area contributed by atoms with Gasteiger partial charge in [0.05, 0.1) is 12.8 Å². The van der Waals surface area contributed by atoms with Gasteiger partial charge in [0, 0.05) is 44.9 Å². The number of nitrogens with zero attached hydrogens (tertiary/aromatic N) is 5. The minimum absolute atomic E-state index is 0.0564. The van der Waals surface area contributed by atoms with Crippen LogP contribution >= 0.6 is 0 Å². The van der Waals surface area contributed by atoms with E-state index < -0.39 is 17.8 Å². The predicted molar refractivity (Wildman–Crippen MR) is 135 cm³/mol. The molecule has 0 spiro atoms. The number of hydrogen-bond donors (Lipinski definition) is 1. The van der Waals surface area contributed by atoms with Gasteiger partial charge in [0.2, 0.25) is 5.91 Å². The van der Waals surface area contributed by atoms with Gasteiger partial charge in [-0.15, -0.1) is 0 Å². The second kappa shape index (κ2) is 11.2. The van der Waals surface area contributed by atoms with Crippen LogP contribution in [0.3, 0.4) is 0 Å². The molecule has 1 unspecified atom stereocenters. The average Bonchev–Trinajstić information content (AvgIpc) is 3.39. The first-order chi connectivity index (χ1) is 18.1. The van der Waals surface area contributed by atoms with E-state index >= 15 is 0 Å². The average molecular weight is 523 g/mol. The number of methoxy groups -OCH3 is 1. The van der Waals surface area contributed by atoms with Gasteiger partial charge in [0.15, 0.2) is 17.7 Å². The Kier molecular flexibility index (Phi) is 7.79. The molecule has 0 saturated heterocycles. The fourth-order valence-electron chi connectivity index (χ4n) is 3.77. The number of oxime groups is 1. The lowest BCUT2D eigenvalue weighted by Crippen LogP contribution is -2.31. The number of carbonyl (C=O) groups excluding carboxylic acids is 2. The van der Waals surface area contributed by atoms with Crippen molar-refractivity contribution >= 4 is 17.5 Å². The highest BCUT2D eigenvalue weighted by atomic mass is 19.1. The molecule has 1 N–H and O–H groups in total. The van der Waals surface area contributed by atoms with Crippen molar-refractivity contribution in [2.45, 2.75) is 32.5 Å². The zero-order chi connectivity index (χ0) is 27.4. The Hall–Kier alpha value is -4.61. The summed E-state index contributed by atoms with van der Waals surface area (Å²) in [5.41, 5.74) is 2.02. The van der Waals surface area contributed by atoms with Crippen LogP contribution in [0.5, 0.6) is 5.75 Å². The van der Waals surface area contributed by atoms with Gasteiger partial charge < -0.3 is 24.4 Å². The van der Waals surface area contributed by atoms with Crippen molar-refractivity contribution in [1.29, 1.82) is 0 Å². The van der Waals surface area contributed by atoms with Crippen molar-refractivity contribution in [3.63, 3.8) is 0 Å². The number of pyridine rings is 1. The molecule has 0 radical (unpaired) electrons. The zero-order valence-electron chi connectivity index (χ0n) is 21.4. The molecule has 1 aliphatic rings. The minimum atomic E-state index is -0.516. The molecule has 3 aromatic rings. The van der Waals surface area contributed by atoms with Gasteiger partial charge in [-0.1, -0.05) is 11.2 Å². The van der Waals surface area contributed by atoms with E-state index in [-0.39, 0.29) is 36.0 Å². The Labute approximate surface area is 217 Å². The van der Waals surface area contributed by atoms with Gasteiger partial charge in [-0.2, -0.15) is 0 Å². The molecule has 0 bridgehead atoms. The first kappa shape index (κ1) is 26.5. The second-order valence-electron chi connectivity index (χ2n) is 8.89. The van der Waals surface area contributed by atoms with E-state index in [0.717, 1.165) is 0 Å². The number of amides is 2. The molecular weight excluding hydrogens is 495 g/mol. The van der Waals surface area contributed by atoms with Crippen LogP contribution in [0.1, 0.15) is 45.7 Å². The van der Waals surface area contributed by atoms with E-state index in [9.17, 15) is 18.8 Å². The first-order valence-electron chi connectivity index (χ1n) is 11.7. The normalized spacial score (nSPS) is 14.4. The maximum atomic E-state index is 13.6. The molecule has 2 aromatic heterocycles. The van der Waals surface area contributed by atoms with E-state index in [4.69, 9.17) is 9.57 Å². The molecule has 1 aliphatic heterocycles. The fraction of sp³-hybridized carbons (Fsp3) is 0.308. The number of aromatic nitrogens is 3. The van der Waals surface area contributed by atoms with E-state index in [1.807, 2.05) is 0 Å². The summed E-state index contributed by atoms with van der Waals surface area (Å²) >= 11 is 0. The van der Waals surface area contributed by atoms with Crippen LogP contribution in [0.25, 0.3) is 0 Å². The third-order valence-electron chi connectivity index (χ3n) is 5.90. The van der Waals surface area contributed by atoms with Crippen LogP contribution in [0.4, 0.5) is 4.39 Å². The molecule has 1 atom stereocenters. The summed E-state index contributed by atoms with van der Waals surface area (Å²) in [6.45, 7) is 1.75.